The summed E-state index contributed by atoms with van der Waals surface area (Å²) in [7, 11) is -0.166. The van der Waals surface area contributed by atoms with Gasteiger partial charge < -0.3 is 4.74 Å². The predicted molar refractivity (Wildman–Crippen MR) is 80.7 cm³/mol. The van der Waals surface area contributed by atoms with Crippen molar-refractivity contribution in [2.75, 3.05) is 6.61 Å². The Morgan fingerprint density at radius 3 is 2.90 bits per heavy atom. The van der Waals surface area contributed by atoms with Crippen molar-refractivity contribution in [3.8, 4) is 5.75 Å². The zero-order chi connectivity index (χ0) is 15.0. The van der Waals surface area contributed by atoms with Gasteiger partial charge in [0.05, 0.1) is 17.6 Å². The van der Waals surface area contributed by atoms with Crippen molar-refractivity contribution in [2.45, 2.75) is 26.3 Å². The lowest BCUT2D eigenvalue weighted by Crippen LogP contribution is -1.99. The number of hydrogen-bond donors (Lipinski definition) is 0. The first-order chi connectivity index (χ1) is 9.54. The second kappa shape index (κ2) is 8.07. The summed E-state index contributed by atoms with van der Waals surface area (Å²) in [4.78, 5) is 13.1. The maximum Gasteiger partial charge on any atom is 0.461 e. The van der Waals surface area contributed by atoms with Crippen molar-refractivity contribution >= 4 is 20.9 Å². The van der Waals surface area contributed by atoms with E-state index in [1.54, 1.807) is 6.07 Å². The normalized spacial score (nSPS) is 10.2. The molecule has 0 atom stereocenters. The summed E-state index contributed by atoms with van der Waals surface area (Å²) in [6, 6.07) is 5.36. The van der Waals surface area contributed by atoms with Crippen LogP contribution in [0.5, 0.6) is 5.75 Å². The van der Waals surface area contributed by atoms with Gasteiger partial charge in [0.2, 0.25) is 5.39 Å². The highest BCUT2D eigenvalue weighted by Gasteiger charge is 2.25. The lowest BCUT2D eigenvalue weighted by atomic mass is 10.2. The lowest BCUT2D eigenvalue weighted by molar-refractivity contribution is -0.383. The van der Waals surface area contributed by atoms with Crippen molar-refractivity contribution in [1.29, 1.82) is 5.39 Å². The highest BCUT2D eigenvalue weighted by atomic mass is 28.2. The minimum Gasteiger partial charge on any atom is -0.493 e. The van der Waals surface area contributed by atoms with Crippen molar-refractivity contribution in [3.63, 3.8) is 0 Å². The van der Waals surface area contributed by atoms with Crippen molar-refractivity contribution in [1.82, 2.24) is 0 Å². The molecule has 0 saturated carbocycles. The Morgan fingerprint density at radius 1 is 1.55 bits per heavy atom. The molecular weight excluding hydrogens is 274 g/mol. The summed E-state index contributed by atoms with van der Waals surface area (Å²) in [5.74, 6) is 0.424. The molecule has 7 heteroatoms. The monoisotopic (exact) mass is 292 g/mol. The fourth-order valence-corrected chi connectivity index (χ4v) is 2.93. The molecule has 0 aliphatic rings. The Labute approximate surface area is 120 Å². The van der Waals surface area contributed by atoms with Gasteiger partial charge >= 0.3 is 11.4 Å². The minimum atomic E-state index is -0.594. The van der Waals surface area contributed by atoms with Crippen molar-refractivity contribution in [3.05, 3.63) is 44.6 Å². The van der Waals surface area contributed by atoms with Gasteiger partial charge in [-0.25, -0.2) is 0 Å². The molecule has 0 N–H and O–H groups in total. The molecule has 0 unspecified atom stereocenters. The molecule has 0 aromatic heterocycles. The number of nitrogens with zero attached hydrogens (tertiary/aromatic N) is 3. The number of nitro benzene ring substituents is 1. The molecule has 1 aromatic carbocycles. The van der Waals surface area contributed by atoms with E-state index in [0.717, 1.165) is 12.5 Å². The van der Waals surface area contributed by atoms with Crippen LogP contribution < -0.4 is 4.74 Å². The van der Waals surface area contributed by atoms with Gasteiger partial charge in [0.1, 0.15) is 5.75 Å². The largest absolute Gasteiger partial charge is 0.493 e. The fraction of sp³-hybridized carbons (Fsp3) is 0.385. The van der Waals surface area contributed by atoms with Crippen LogP contribution in [0.25, 0.3) is 4.98 Å². The molecule has 0 radical (unpaired) electrons. The smallest absolute Gasteiger partial charge is 0.461 e. The number of rotatable bonds is 7. The summed E-state index contributed by atoms with van der Waals surface area (Å²) in [6.07, 6.45) is 0.940. The molecule has 0 saturated heterocycles. The summed E-state index contributed by atoms with van der Waals surface area (Å²) in [6.45, 7) is 4.73. The summed E-state index contributed by atoms with van der Waals surface area (Å²) < 4.78 is 5.48. The molecule has 20 heavy (non-hydrogen) atoms. The number of hydrogen-bond acceptors (Lipinski definition) is 4. The van der Waals surface area contributed by atoms with Crippen LogP contribution >= 0.6 is 0 Å². The van der Waals surface area contributed by atoms with Crippen LogP contribution in [0.1, 0.15) is 20.3 Å². The van der Waals surface area contributed by atoms with Gasteiger partial charge in [-0.15, -0.1) is 5.70 Å². The average Bonchev–Trinajstić information content (AvgIpc) is 2.42. The van der Waals surface area contributed by atoms with Crippen LogP contribution in [-0.2, 0) is 0 Å². The average molecular weight is 292 g/mol. The third-order valence-electron chi connectivity index (χ3n) is 2.67. The minimum absolute atomic E-state index is 0.0710. The number of diazo groups is 1. The Balaban J connectivity index is 2.49. The Morgan fingerprint density at radius 2 is 2.30 bits per heavy atom. The van der Waals surface area contributed by atoms with Gasteiger partial charge in [0.15, 0.2) is 4.98 Å². The number of allylic oxidation sites excluding steroid dienone is 1. The Kier molecular flexibility index (Phi) is 6.39. The molecule has 1 aromatic rings. The molecule has 0 bridgehead atoms. The van der Waals surface area contributed by atoms with E-state index in [1.165, 1.54) is 17.7 Å². The van der Waals surface area contributed by atoms with Crippen LogP contribution in [0, 0.1) is 15.5 Å². The fourth-order valence-electron chi connectivity index (χ4n) is 1.65. The van der Waals surface area contributed by atoms with E-state index in [1.807, 2.05) is 0 Å². The SMILES string of the molecule is CC(C)=C[SiH2]CCCOc1ccc([N+]#N)c([N+](=O)[O-])c1. The maximum atomic E-state index is 10.8. The van der Waals surface area contributed by atoms with Crippen molar-refractivity contribution < 1.29 is 9.66 Å². The predicted octanol–water partition coefficient (Wildman–Crippen LogP) is 3.36. The van der Waals surface area contributed by atoms with E-state index in [2.05, 4.69) is 24.5 Å². The number of nitro groups is 1. The number of benzene rings is 1. The molecule has 0 aliphatic heterocycles. The van der Waals surface area contributed by atoms with E-state index < -0.39 is 4.92 Å². The van der Waals surface area contributed by atoms with E-state index in [-0.39, 0.29) is 20.9 Å². The van der Waals surface area contributed by atoms with Gasteiger partial charge in [0, 0.05) is 15.6 Å². The van der Waals surface area contributed by atoms with E-state index in [4.69, 9.17) is 10.1 Å². The zero-order valence-corrected chi connectivity index (χ0v) is 13.1. The third kappa shape index (κ3) is 5.20. The van der Waals surface area contributed by atoms with Gasteiger partial charge in [-0.05, 0) is 26.3 Å². The molecule has 0 spiro atoms. The molecule has 0 fully saturated rings. The topological polar surface area (TPSA) is 80.5 Å². The molecule has 0 amide bonds. The number of ether oxygens (including phenoxy) is 1. The van der Waals surface area contributed by atoms with Crippen LogP contribution in [0.2, 0.25) is 6.04 Å². The highest BCUT2D eigenvalue weighted by molar-refractivity contribution is 6.42. The summed E-state index contributed by atoms with van der Waals surface area (Å²) >= 11 is 0. The van der Waals surface area contributed by atoms with Crippen LogP contribution in [0.3, 0.4) is 0 Å². The first-order valence-corrected chi connectivity index (χ1v) is 8.26. The zero-order valence-electron chi connectivity index (χ0n) is 11.7. The summed E-state index contributed by atoms with van der Waals surface area (Å²) in [5.41, 5.74) is 3.33. The molecule has 106 valence electrons. The van der Waals surface area contributed by atoms with Crippen LogP contribution in [0.4, 0.5) is 11.4 Å². The van der Waals surface area contributed by atoms with Crippen molar-refractivity contribution in [2.24, 2.45) is 0 Å². The van der Waals surface area contributed by atoms with E-state index in [0.29, 0.717) is 12.4 Å². The van der Waals surface area contributed by atoms with Crippen LogP contribution in [-0.4, -0.2) is 21.0 Å². The Bertz CT molecular complexity index is 548. The standard InChI is InChI=1S/C13H18N3O3Si/c1-10(2)9-20-7-3-6-19-11-4-5-12(15-14)13(8-11)16(17)18/h4-5,8-9H,3,6-7,20H2,1-2H3/q+1. The molecule has 0 heterocycles. The summed E-state index contributed by atoms with van der Waals surface area (Å²) in [5, 5.41) is 19.4. The van der Waals surface area contributed by atoms with Gasteiger partial charge in [-0.2, -0.15) is 0 Å². The second-order valence-electron chi connectivity index (χ2n) is 4.63. The lowest BCUT2D eigenvalue weighted by Gasteiger charge is -2.04. The van der Waals surface area contributed by atoms with Gasteiger partial charge in [-0.3, -0.25) is 10.1 Å². The quantitative estimate of drug-likeness (QED) is 0.254. The molecule has 0 aliphatic carbocycles. The van der Waals surface area contributed by atoms with E-state index in [9.17, 15) is 10.1 Å². The first kappa shape index (κ1) is 15.9. The maximum absolute atomic E-state index is 10.8. The molecule has 1 rings (SSSR count). The first-order valence-electron chi connectivity index (χ1n) is 6.44. The van der Waals surface area contributed by atoms with E-state index >= 15 is 0 Å². The highest BCUT2D eigenvalue weighted by Crippen LogP contribution is 2.31. The van der Waals surface area contributed by atoms with Crippen LogP contribution in [0.15, 0.2) is 29.5 Å². The Hall–Kier alpha value is -2.20. The van der Waals surface area contributed by atoms with Gasteiger partial charge in [-0.1, -0.05) is 11.6 Å². The second-order valence-corrected chi connectivity index (χ2v) is 6.33. The van der Waals surface area contributed by atoms with Gasteiger partial charge in [0.25, 0.3) is 0 Å². The third-order valence-corrected chi connectivity index (χ3v) is 4.68. The molecule has 6 nitrogen and oxygen atoms in total. The molecular formula is C13H18N3O3Si+.